The van der Waals surface area contributed by atoms with Crippen molar-refractivity contribution in [1.82, 2.24) is 0 Å². The van der Waals surface area contributed by atoms with Crippen LogP contribution in [0.15, 0.2) is 61.7 Å². The standard InChI is InChI=1S/C15H10O5S/c16-8-1-3-10(4-2-8)21-14-7-12(19)15-11(18)5-9(17)6-13(15)20-14/h1-7,16-18H. The predicted molar refractivity (Wildman–Crippen MR) is 78.0 cm³/mol. The zero-order valence-corrected chi connectivity index (χ0v) is 11.4. The molecule has 0 atom stereocenters. The third-order valence-corrected chi connectivity index (χ3v) is 3.74. The normalized spacial score (nSPS) is 10.9. The second-order valence-electron chi connectivity index (χ2n) is 4.36. The summed E-state index contributed by atoms with van der Waals surface area (Å²) in [5, 5.41) is 28.7. The second kappa shape index (κ2) is 5.06. The molecule has 0 aliphatic rings. The monoisotopic (exact) mass is 302 g/mol. The Bertz CT molecular complexity index is 868. The fraction of sp³-hybridized carbons (Fsp3) is 0. The SMILES string of the molecule is O=c1cc(Sc2ccc(O)cc2)oc2cc(O)cc(O)c12. The van der Waals surface area contributed by atoms with E-state index in [1.807, 2.05) is 0 Å². The smallest absolute Gasteiger partial charge is 0.197 e. The summed E-state index contributed by atoms with van der Waals surface area (Å²) in [5.41, 5.74) is -0.281. The van der Waals surface area contributed by atoms with Gasteiger partial charge in [0.15, 0.2) is 10.5 Å². The number of hydrogen-bond donors (Lipinski definition) is 3. The molecule has 3 rings (SSSR count). The van der Waals surface area contributed by atoms with Gasteiger partial charge in [-0.05, 0) is 24.3 Å². The van der Waals surface area contributed by atoms with Gasteiger partial charge in [0.1, 0.15) is 28.2 Å². The van der Waals surface area contributed by atoms with Crippen molar-refractivity contribution in [3.05, 3.63) is 52.7 Å². The van der Waals surface area contributed by atoms with Crippen molar-refractivity contribution in [3.8, 4) is 17.2 Å². The van der Waals surface area contributed by atoms with Gasteiger partial charge in [-0.3, -0.25) is 4.79 Å². The molecular formula is C15H10O5S. The van der Waals surface area contributed by atoms with E-state index >= 15 is 0 Å². The average molecular weight is 302 g/mol. The molecule has 3 aromatic rings. The Morgan fingerprint density at radius 3 is 2.33 bits per heavy atom. The Labute approximate surface area is 123 Å². The van der Waals surface area contributed by atoms with Gasteiger partial charge >= 0.3 is 0 Å². The first kappa shape index (κ1) is 13.4. The van der Waals surface area contributed by atoms with E-state index in [4.69, 9.17) is 4.42 Å². The van der Waals surface area contributed by atoms with E-state index in [0.29, 0.717) is 5.09 Å². The molecule has 0 aliphatic carbocycles. The van der Waals surface area contributed by atoms with Crippen LogP contribution in [0.4, 0.5) is 0 Å². The molecule has 2 aromatic carbocycles. The highest BCUT2D eigenvalue weighted by Gasteiger charge is 2.11. The molecule has 1 heterocycles. The zero-order valence-electron chi connectivity index (χ0n) is 10.6. The van der Waals surface area contributed by atoms with E-state index < -0.39 is 5.43 Å². The fourth-order valence-electron chi connectivity index (χ4n) is 1.91. The van der Waals surface area contributed by atoms with Crippen LogP contribution in [0, 0.1) is 0 Å². The van der Waals surface area contributed by atoms with E-state index in [0.717, 1.165) is 11.0 Å². The van der Waals surface area contributed by atoms with Gasteiger partial charge in [0.05, 0.1) is 0 Å². The lowest BCUT2D eigenvalue weighted by Crippen LogP contribution is -2.00. The van der Waals surface area contributed by atoms with Crippen molar-refractivity contribution < 1.29 is 19.7 Å². The van der Waals surface area contributed by atoms with Crippen LogP contribution in [-0.2, 0) is 0 Å². The maximum atomic E-state index is 12.0. The summed E-state index contributed by atoms with van der Waals surface area (Å²) in [5.74, 6) is -0.357. The average Bonchev–Trinajstić information content (AvgIpc) is 2.40. The van der Waals surface area contributed by atoms with Crippen molar-refractivity contribution in [1.29, 1.82) is 0 Å². The van der Waals surface area contributed by atoms with Gasteiger partial charge in [-0.2, -0.15) is 0 Å². The van der Waals surface area contributed by atoms with Crippen molar-refractivity contribution in [3.63, 3.8) is 0 Å². The van der Waals surface area contributed by atoms with Crippen LogP contribution in [0.25, 0.3) is 11.0 Å². The molecule has 5 nitrogen and oxygen atoms in total. The van der Waals surface area contributed by atoms with E-state index in [9.17, 15) is 20.1 Å². The van der Waals surface area contributed by atoms with Crippen LogP contribution in [0.3, 0.4) is 0 Å². The minimum Gasteiger partial charge on any atom is -0.508 e. The molecular weight excluding hydrogens is 292 g/mol. The fourth-order valence-corrected chi connectivity index (χ4v) is 2.71. The van der Waals surface area contributed by atoms with E-state index in [-0.39, 0.29) is 28.2 Å². The molecule has 0 radical (unpaired) electrons. The third-order valence-electron chi connectivity index (χ3n) is 2.83. The quantitative estimate of drug-likeness (QED) is 0.674. The number of hydrogen-bond acceptors (Lipinski definition) is 6. The molecule has 0 saturated heterocycles. The Hall–Kier alpha value is -2.60. The molecule has 21 heavy (non-hydrogen) atoms. The number of phenols is 3. The van der Waals surface area contributed by atoms with Crippen LogP contribution >= 0.6 is 11.8 Å². The molecule has 0 spiro atoms. The van der Waals surface area contributed by atoms with E-state index in [1.165, 1.54) is 36.0 Å². The number of benzene rings is 2. The van der Waals surface area contributed by atoms with Crippen LogP contribution < -0.4 is 5.43 Å². The topological polar surface area (TPSA) is 90.9 Å². The Kier molecular flexibility index (Phi) is 3.23. The Morgan fingerprint density at radius 2 is 1.62 bits per heavy atom. The summed E-state index contributed by atoms with van der Waals surface area (Å²) in [7, 11) is 0. The minimum atomic E-state index is -0.393. The molecule has 6 heteroatoms. The summed E-state index contributed by atoms with van der Waals surface area (Å²) in [6.45, 7) is 0. The first-order valence-electron chi connectivity index (χ1n) is 5.99. The maximum Gasteiger partial charge on any atom is 0.197 e. The molecule has 0 amide bonds. The number of fused-ring (bicyclic) bond motifs is 1. The molecule has 106 valence electrons. The molecule has 3 N–H and O–H groups in total. The zero-order chi connectivity index (χ0) is 15.0. The second-order valence-corrected chi connectivity index (χ2v) is 5.44. The molecule has 0 bridgehead atoms. The van der Waals surface area contributed by atoms with Gasteiger partial charge < -0.3 is 19.7 Å². The molecule has 0 fully saturated rings. The molecule has 0 saturated carbocycles. The van der Waals surface area contributed by atoms with Crippen molar-refractivity contribution in [2.45, 2.75) is 9.99 Å². The van der Waals surface area contributed by atoms with Crippen molar-refractivity contribution in [2.24, 2.45) is 0 Å². The van der Waals surface area contributed by atoms with Crippen LogP contribution in [0.2, 0.25) is 0 Å². The maximum absolute atomic E-state index is 12.0. The summed E-state index contributed by atoms with van der Waals surface area (Å²) < 4.78 is 5.52. The Balaban J connectivity index is 2.08. The van der Waals surface area contributed by atoms with Crippen LogP contribution in [0.1, 0.15) is 0 Å². The van der Waals surface area contributed by atoms with E-state index in [1.54, 1.807) is 12.1 Å². The lowest BCUT2D eigenvalue weighted by molar-refractivity contribution is 0.446. The number of rotatable bonds is 2. The first-order chi connectivity index (χ1) is 10.0. The first-order valence-corrected chi connectivity index (χ1v) is 6.81. The van der Waals surface area contributed by atoms with Gasteiger partial charge in [-0.15, -0.1) is 0 Å². The minimum absolute atomic E-state index is 0.0304. The summed E-state index contributed by atoms with van der Waals surface area (Å²) in [4.78, 5) is 12.8. The van der Waals surface area contributed by atoms with Gasteiger partial charge in [-0.1, -0.05) is 11.8 Å². The molecule has 0 aliphatic heterocycles. The lowest BCUT2D eigenvalue weighted by Gasteiger charge is -2.05. The highest BCUT2D eigenvalue weighted by atomic mass is 32.2. The molecule has 0 unspecified atom stereocenters. The number of aromatic hydroxyl groups is 3. The van der Waals surface area contributed by atoms with Gasteiger partial charge in [-0.25, -0.2) is 0 Å². The van der Waals surface area contributed by atoms with Crippen LogP contribution in [0.5, 0.6) is 17.2 Å². The summed E-state index contributed by atoms with van der Waals surface area (Å²) >= 11 is 1.20. The predicted octanol–water partition coefficient (Wildman–Crippen LogP) is 3.06. The van der Waals surface area contributed by atoms with Gasteiger partial charge in [0, 0.05) is 23.1 Å². The third kappa shape index (κ3) is 2.66. The highest BCUT2D eigenvalue weighted by Crippen LogP contribution is 2.33. The van der Waals surface area contributed by atoms with Gasteiger partial charge in [0.2, 0.25) is 0 Å². The van der Waals surface area contributed by atoms with Gasteiger partial charge in [0.25, 0.3) is 0 Å². The largest absolute Gasteiger partial charge is 0.508 e. The number of phenolic OH excluding ortho intramolecular Hbond substituents is 3. The van der Waals surface area contributed by atoms with E-state index in [2.05, 4.69) is 0 Å². The summed E-state index contributed by atoms with van der Waals surface area (Å²) in [6.07, 6.45) is 0. The highest BCUT2D eigenvalue weighted by molar-refractivity contribution is 7.99. The lowest BCUT2D eigenvalue weighted by atomic mass is 10.2. The molecule has 1 aromatic heterocycles. The van der Waals surface area contributed by atoms with Crippen molar-refractivity contribution >= 4 is 22.7 Å². The Morgan fingerprint density at radius 1 is 0.905 bits per heavy atom. The van der Waals surface area contributed by atoms with Crippen LogP contribution in [-0.4, -0.2) is 15.3 Å². The summed E-state index contributed by atoms with van der Waals surface area (Å²) in [6, 6.07) is 10.1. The van der Waals surface area contributed by atoms with Crippen molar-refractivity contribution in [2.75, 3.05) is 0 Å².